The van der Waals surface area contributed by atoms with Crippen LogP contribution >= 0.6 is 15.9 Å². The number of hydrogen-bond acceptors (Lipinski definition) is 2. The molecular weight excluding hydrogens is 328 g/mol. The fraction of sp³-hybridized carbons (Fsp3) is 0.214. The second-order valence-corrected chi connectivity index (χ2v) is 5.26. The molecule has 2 rings (SSSR count). The zero-order valence-electron chi connectivity index (χ0n) is 11.0. The van der Waals surface area contributed by atoms with Crippen LogP contribution in [0.1, 0.15) is 17.0 Å². The van der Waals surface area contributed by atoms with E-state index >= 15 is 0 Å². The van der Waals surface area contributed by atoms with Crippen LogP contribution in [0.25, 0.3) is 0 Å². The standard InChI is InChI=1S/C14H12BrF2N3/c1-8-9(3-11(6-18)20(8)2)7-19-14-12(15)4-10(16)5-13(14)17/h3-5,19H,7H2,1-2H3. The van der Waals surface area contributed by atoms with Gasteiger partial charge in [0, 0.05) is 29.8 Å². The molecule has 0 aliphatic carbocycles. The van der Waals surface area contributed by atoms with E-state index in [0.29, 0.717) is 16.7 Å². The van der Waals surface area contributed by atoms with Crippen LogP contribution in [0, 0.1) is 29.9 Å². The Bertz CT molecular complexity index is 678. The lowest BCUT2D eigenvalue weighted by Gasteiger charge is -2.10. The molecule has 0 radical (unpaired) electrons. The lowest BCUT2D eigenvalue weighted by Crippen LogP contribution is -2.04. The van der Waals surface area contributed by atoms with Crippen molar-refractivity contribution in [3.63, 3.8) is 0 Å². The highest BCUT2D eigenvalue weighted by molar-refractivity contribution is 9.10. The van der Waals surface area contributed by atoms with Gasteiger partial charge in [0.05, 0.1) is 5.69 Å². The van der Waals surface area contributed by atoms with E-state index in [0.717, 1.165) is 17.3 Å². The van der Waals surface area contributed by atoms with Crippen LogP contribution in [-0.2, 0) is 13.6 Å². The van der Waals surface area contributed by atoms with Crippen LogP contribution in [0.15, 0.2) is 22.7 Å². The molecule has 0 spiro atoms. The Balaban J connectivity index is 2.24. The highest BCUT2D eigenvalue weighted by Gasteiger charge is 2.12. The third-order valence-electron chi connectivity index (χ3n) is 3.22. The number of benzene rings is 1. The SMILES string of the molecule is Cc1c(CNc2c(F)cc(F)cc2Br)cc(C#N)n1C. The first-order chi connectivity index (χ1) is 9.43. The molecule has 104 valence electrons. The van der Waals surface area contributed by atoms with Crippen LogP contribution in [0.5, 0.6) is 0 Å². The van der Waals surface area contributed by atoms with Crippen molar-refractivity contribution in [3.8, 4) is 6.07 Å². The number of anilines is 1. The number of hydrogen-bond donors (Lipinski definition) is 1. The summed E-state index contributed by atoms with van der Waals surface area (Å²) < 4.78 is 28.8. The average molecular weight is 340 g/mol. The third kappa shape index (κ3) is 2.68. The number of halogens is 3. The van der Waals surface area contributed by atoms with Crippen LogP contribution in [0.4, 0.5) is 14.5 Å². The fourth-order valence-corrected chi connectivity index (χ4v) is 2.49. The van der Waals surface area contributed by atoms with Gasteiger partial charge in [0.25, 0.3) is 0 Å². The molecule has 0 aliphatic heterocycles. The zero-order chi connectivity index (χ0) is 14.9. The maximum absolute atomic E-state index is 13.7. The molecule has 1 N–H and O–H groups in total. The maximum atomic E-state index is 13.7. The highest BCUT2D eigenvalue weighted by atomic mass is 79.9. The van der Waals surface area contributed by atoms with E-state index in [-0.39, 0.29) is 5.69 Å². The topological polar surface area (TPSA) is 40.8 Å². The van der Waals surface area contributed by atoms with Gasteiger partial charge in [0.2, 0.25) is 0 Å². The Labute approximate surface area is 124 Å². The van der Waals surface area contributed by atoms with E-state index in [1.807, 2.05) is 6.92 Å². The molecule has 1 aromatic carbocycles. The van der Waals surface area contributed by atoms with Crippen LogP contribution < -0.4 is 5.32 Å². The van der Waals surface area contributed by atoms with Crippen molar-refractivity contribution >= 4 is 21.6 Å². The first-order valence-corrected chi connectivity index (χ1v) is 6.67. The molecule has 0 saturated heterocycles. The maximum Gasteiger partial charge on any atom is 0.150 e. The molecule has 0 amide bonds. The summed E-state index contributed by atoms with van der Waals surface area (Å²) in [5.41, 5.74) is 2.55. The number of rotatable bonds is 3. The molecule has 3 nitrogen and oxygen atoms in total. The predicted octanol–water partition coefficient (Wildman–Crippen LogP) is 3.86. The van der Waals surface area contributed by atoms with Crippen molar-refractivity contribution in [1.29, 1.82) is 5.26 Å². The lowest BCUT2D eigenvalue weighted by molar-refractivity contribution is 0.583. The molecule has 1 heterocycles. The molecule has 0 atom stereocenters. The van der Waals surface area contributed by atoms with E-state index in [1.54, 1.807) is 17.7 Å². The van der Waals surface area contributed by atoms with E-state index in [2.05, 4.69) is 27.3 Å². The van der Waals surface area contributed by atoms with Crippen molar-refractivity contribution in [2.75, 3.05) is 5.32 Å². The van der Waals surface area contributed by atoms with Crippen molar-refractivity contribution in [3.05, 3.63) is 51.3 Å². The van der Waals surface area contributed by atoms with Crippen LogP contribution in [0.2, 0.25) is 0 Å². The van der Waals surface area contributed by atoms with Gasteiger partial charge in [-0.15, -0.1) is 0 Å². The first-order valence-electron chi connectivity index (χ1n) is 5.87. The fourth-order valence-electron chi connectivity index (χ4n) is 1.94. The summed E-state index contributed by atoms with van der Waals surface area (Å²) in [7, 11) is 1.80. The summed E-state index contributed by atoms with van der Waals surface area (Å²) in [5.74, 6) is -1.30. The summed E-state index contributed by atoms with van der Waals surface area (Å²) in [6, 6.07) is 5.86. The van der Waals surface area contributed by atoms with Gasteiger partial charge in [-0.1, -0.05) is 0 Å². The predicted molar refractivity (Wildman–Crippen MR) is 76.2 cm³/mol. The molecule has 0 fully saturated rings. The van der Waals surface area contributed by atoms with E-state index in [9.17, 15) is 8.78 Å². The summed E-state index contributed by atoms with van der Waals surface area (Å²) in [4.78, 5) is 0. The molecule has 0 saturated carbocycles. The number of nitrogens with zero attached hydrogens (tertiary/aromatic N) is 2. The number of nitrogens with one attached hydrogen (secondary N) is 1. The highest BCUT2D eigenvalue weighted by Crippen LogP contribution is 2.27. The lowest BCUT2D eigenvalue weighted by atomic mass is 10.2. The van der Waals surface area contributed by atoms with Gasteiger partial charge >= 0.3 is 0 Å². The van der Waals surface area contributed by atoms with Crippen molar-refractivity contribution < 1.29 is 8.78 Å². The monoisotopic (exact) mass is 339 g/mol. The molecule has 0 unspecified atom stereocenters. The third-order valence-corrected chi connectivity index (χ3v) is 3.84. The smallest absolute Gasteiger partial charge is 0.150 e. The summed E-state index contributed by atoms with van der Waals surface area (Å²) in [6.45, 7) is 2.23. The van der Waals surface area contributed by atoms with Gasteiger partial charge in [0.15, 0.2) is 0 Å². The average Bonchev–Trinajstić information content (AvgIpc) is 2.65. The van der Waals surface area contributed by atoms with Gasteiger partial charge in [-0.2, -0.15) is 5.26 Å². The summed E-state index contributed by atoms with van der Waals surface area (Å²) >= 11 is 3.12. The van der Waals surface area contributed by atoms with Crippen LogP contribution in [0.3, 0.4) is 0 Å². The number of nitriles is 1. The quantitative estimate of drug-likeness (QED) is 0.922. The normalized spacial score (nSPS) is 10.4. The Morgan fingerprint density at radius 1 is 1.35 bits per heavy atom. The van der Waals surface area contributed by atoms with Crippen LogP contribution in [-0.4, -0.2) is 4.57 Å². The summed E-state index contributed by atoms with van der Waals surface area (Å²) in [5, 5.41) is 11.9. The van der Waals surface area contributed by atoms with E-state index in [4.69, 9.17) is 5.26 Å². The molecule has 6 heteroatoms. The van der Waals surface area contributed by atoms with Gasteiger partial charge in [-0.3, -0.25) is 0 Å². The second kappa shape index (κ2) is 5.63. The van der Waals surface area contributed by atoms with Gasteiger partial charge < -0.3 is 9.88 Å². The van der Waals surface area contributed by atoms with E-state index in [1.165, 1.54) is 6.07 Å². The van der Waals surface area contributed by atoms with Crippen molar-refractivity contribution in [2.45, 2.75) is 13.5 Å². The van der Waals surface area contributed by atoms with Gasteiger partial charge in [-0.25, -0.2) is 8.78 Å². The Kier molecular flexibility index (Phi) is 4.09. The van der Waals surface area contributed by atoms with Gasteiger partial charge in [0.1, 0.15) is 23.4 Å². The van der Waals surface area contributed by atoms with E-state index < -0.39 is 11.6 Å². The minimum Gasteiger partial charge on any atom is -0.378 e. The Morgan fingerprint density at radius 2 is 2.05 bits per heavy atom. The van der Waals surface area contributed by atoms with Gasteiger partial charge in [-0.05, 0) is 40.5 Å². The number of aromatic nitrogens is 1. The second-order valence-electron chi connectivity index (χ2n) is 4.41. The first kappa shape index (κ1) is 14.5. The molecular formula is C14H12BrF2N3. The minimum atomic E-state index is -0.661. The Morgan fingerprint density at radius 3 is 2.60 bits per heavy atom. The largest absolute Gasteiger partial charge is 0.378 e. The minimum absolute atomic E-state index is 0.202. The molecule has 1 aromatic heterocycles. The summed E-state index contributed by atoms with van der Waals surface area (Å²) in [6.07, 6.45) is 0. The van der Waals surface area contributed by atoms with Crippen molar-refractivity contribution in [2.24, 2.45) is 7.05 Å². The van der Waals surface area contributed by atoms with Crippen molar-refractivity contribution in [1.82, 2.24) is 4.57 Å². The Hall–Kier alpha value is -1.87. The molecule has 20 heavy (non-hydrogen) atoms. The zero-order valence-corrected chi connectivity index (χ0v) is 12.6. The molecule has 0 aliphatic rings. The molecule has 0 bridgehead atoms. The molecule has 2 aromatic rings.